The number of aromatic nitrogens is 2. The molecule has 11 nitrogen and oxygen atoms in total. The average molecular weight is 738 g/mol. The van der Waals surface area contributed by atoms with E-state index in [0.717, 1.165) is 11.1 Å². The van der Waals surface area contributed by atoms with Crippen molar-refractivity contribution in [2.24, 2.45) is 11.8 Å². The van der Waals surface area contributed by atoms with Crippen LogP contribution in [0.1, 0.15) is 71.6 Å². The fourth-order valence-electron chi connectivity index (χ4n) is 7.83. The van der Waals surface area contributed by atoms with Crippen molar-refractivity contribution < 1.29 is 37.9 Å². The summed E-state index contributed by atoms with van der Waals surface area (Å²) in [5.74, 6) is -1.57. The summed E-state index contributed by atoms with van der Waals surface area (Å²) in [6.07, 6.45) is 2.16. The van der Waals surface area contributed by atoms with Gasteiger partial charge in [-0.3, -0.25) is 14.5 Å². The molecule has 1 N–H and O–H groups in total. The van der Waals surface area contributed by atoms with Gasteiger partial charge in [-0.25, -0.2) is 4.98 Å². The van der Waals surface area contributed by atoms with E-state index in [1.165, 1.54) is 13.3 Å². The van der Waals surface area contributed by atoms with Gasteiger partial charge in [0.05, 0.1) is 24.9 Å². The van der Waals surface area contributed by atoms with Crippen LogP contribution in [0.5, 0.6) is 17.5 Å². The van der Waals surface area contributed by atoms with E-state index in [1.807, 2.05) is 92.8 Å². The molecule has 3 aliphatic carbocycles. The fraction of sp³-hybridized carbons (Fsp3) is 0.415. The maximum absolute atomic E-state index is 15.6. The van der Waals surface area contributed by atoms with Crippen LogP contribution < -0.4 is 14.2 Å². The molecule has 0 unspecified atom stereocenters. The van der Waals surface area contributed by atoms with Crippen molar-refractivity contribution in [2.45, 2.75) is 76.6 Å². The highest BCUT2D eigenvalue weighted by Crippen LogP contribution is 2.59. The van der Waals surface area contributed by atoms with Gasteiger partial charge in [0.15, 0.2) is 19.7 Å². The standard InChI is InChI=1S/C41H47N3O8Si/c1-40(2,3)53(7,8)52-41-28(33(44(4)5)35-32(37(41)47)39(43-51-35)50-23-25-17-13-10-14-18-25)20-26-19-27-31(34(45)30(26)36(41)46)29(21-42-38(27)48-6)49-22-24-15-11-9-12-16-24/h9-18,21,26,28,33,45H,19-20,22-23H2,1-8H3/t26-,28-,33-,41-/m0/s1. The van der Waals surface area contributed by atoms with Gasteiger partial charge in [0.2, 0.25) is 17.4 Å². The van der Waals surface area contributed by atoms with Gasteiger partial charge in [0.25, 0.3) is 5.88 Å². The quantitative estimate of drug-likeness (QED) is 0.128. The Kier molecular flexibility index (Phi) is 9.36. The number of aliphatic hydroxyl groups excluding tert-OH is 1. The van der Waals surface area contributed by atoms with Gasteiger partial charge in [0, 0.05) is 17.1 Å². The van der Waals surface area contributed by atoms with Crippen LogP contribution in [0.15, 0.2) is 77.0 Å². The molecule has 2 aromatic heterocycles. The van der Waals surface area contributed by atoms with Gasteiger partial charge in [-0.1, -0.05) is 81.4 Å². The Morgan fingerprint density at radius 3 is 2.13 bits per heavy atom. The number of rotatable bonds is 10. The first-order valence-electron chi connectivity index (χ1n) is 18.0. The van der Waals surface area contributed by atoms with E-state index in [1.54, 1.807) is 0 Å². The summed E-state index contributed by atoms with van der Waals surface area (Å²) in [4.78, 5) is 37.5. The molecule has 4 atom stereocenters. The molecule has 2 heterocycles. The van der Waals surface area contributed by atoms with Gasteiger partial charge in [0.1, 0.15) is 30.3 Å². The summed E-state index contributed by atoms with van der Waals surface area (Å²) < 4.78 is 31.3. The summed E-state index contributed by atoms with van der Waals surface area (Å²) >= 11 is 0. The van der Waals surface area contributed by atoms with Crippen molar-refractivity contribution in [3.05, 3.63) is 106 Å². The van der Waals surface area contributed by atoms with Crippen LogP contribution >= 0.6 is 0 Å². The maximum Gasteiger partial charge on any atom is 0.265 e. The number of carbonyl (C=O) groups excluding carboxylic acids is 2. The fourth-order valence-corrected chi connectivity index (χ4v) is 9.28. The van der Waals surface area contributed by atoms with Crippen LogP contribution in [-0.2, 0) is 28.9 Å². The number of nitrogens with zero attached hydrogens (tertiary/aromatic N) is 3. The molecule has 0 aliphatic heterocycles. The topological polar surface area (TPSA) is 133 Å². The molecule has 1 saturated carbocycles. The second-order valence-electron chi connectivity index (χ2n) is 15.9. The molecule has 0 bridgehead atoms. The Balaban J connectivity index is 1.40. The molecule has 53 heavy (non-hydrogen) atoms. The normalized spacial score (nSPS) is 22.5. The molecule has 7 rings (SSSR count). The minimum absolute atomic E-state index is 0.00637. The van der Waals surface area contributed by atoms with Gasteiger partial charge < -0.3 is 28.3 Å². The van der Waals surface area contributed by atoms with Gasteiger partial charge in [-0.05, 0) is 67.3 Å². The molecule has 12 heteroatoms. The number of hydrogen-bond donors (Lipinski definition) is 1. The first-order chi connectivity index (χ1) is 25.2. The predicted octanol–water partition coefficient (Wildman–Crippen LogP) is 7.53. The zero-order valence-corrected chi connectivity index (χ0v) is 32.6. The van der Waals surface area contributed by atoms with E-state index in [4.69, 9.17) is 23.2 Å². The molecule has 278 valence electrons. The van der Waals surface area contributed by atoms with Crippen LogP contribution in [0, 0.1) is 11.8 Å². The van der Waals surface area contributed by atoms with E-state index >= 15 is 9.59 Å². The van der Waals surface area contributed by atoms with Crippen LogP contribution in [-0.4, -0.2) is 66.8 Å². The molecule has 0 saturated heterocycles. The molecular weight excluding hydrogens is 691 g/mol. The van der Waals surface area contributed by atoms with Crippen LogP contribution in [0.3, 0.4) is 0 Å². The lowest BCUT2D eigenvalue weighted by molar-refractivity contribution is -0.140. The summed E-state index contributed by atoms with van der Waals surface area (Å²) in [5.41, 5.74) is 1.01. The number of carbonyl (C=O) groups is 2. The summed E-state index contributed by atoms with van der Waals surface area (Å²) in [6.45, 7) is 10.6. The van der Waals surface area contributed by atoms with Crippen molar-refractivity contribution in [3.63, 3.8) is 0 Å². The lowest BCUT2D eigenvalue weighted by atomic mass is 9.57. The summed E-state index contributed by atoms with van der Waals surface area (Å²) in [7, 11) is 2.42. The van der Waals surface area contributed by atoms with Crippen molar-refractivity contribution in [1.29, 1.82) is 0 Å². The average Bonchev–Trinajstić information content (AvgIpc) is 3.54. The predicted molar refractivity (Wildman–Crippen MR) is 200 cm³/mol. The van der Waals surface area contributed by atoms with Crippen molar-refractivity contribution in [2.75, 3.05) is 21.2 Å². The van der Waals surface area contributed by atoms with Crippen LogP contribution in [0.2, 0.25) is 18.1 Å². The number of pyridine rings is 1. The number of ether oxygens (including phenoxy) is 3. The Morgan fingerprint density at radius 2 is 1.55 bits per heavy atom. The van der Waals surface area contributed by atoms with E-state index in [-0.39, 0.29) is 41.0 Å². The minimum Gasteiger partial charge on any atom is -0.507 e. The van der Waals surface area contributed by atoms with Crippen LogP contribution in [0.4, 0.5) is 0 Å². The second-order valence-corrected chi connectivity index (χ2v) is 20.7. The number of methoxy groups -OCH3 is 1. The Bertz CT molecular complexity index is 2070. The lowest BCUT2D eigenvalue weighted by Gasteiger charge is -2.55. The SMILES string of the molecule is COc1ncc(OCc2ccccc2)c2c1C[C@H]1C[C@H]3[C@H](N(C)C)c4onc(OCc5ccccc5)c4C(=O)[C@@]3(O[Si](C)(C)C(C)(C)C)C(=O)C1=C2O. The molecule has 1 fully saturated rings. The highest BCUT2D eigenvalue weighted by molar-refractivity contribution is 6.74. The smallest absolute Gasteiger partial charge is 0.265 e. The zero-order valence-electron chi connectivity index (χ0n) is 31.6. The van der Waals surface area contributed by atoms with Crippen molar-refractivity contribution in [3.8, 4) is 17.5 Å². The number of aliphatic hydroxyl groups is 1. The molecule has 0 radical (unpaired) electrons. The number of Topliss-reactive ketones (excluding diaryl/α,β-unsaturated/α-hetero) is 2. The summed E-state index contributed by atoms with van der Waals surface area (Å²) in [6, 6.07) is 18.6. The van der Waals surface area contributed by atoms with E-state index in [0.29, 0.717) is 41.4 Å². The minimum atomic E-state index is -2.88. The van der Waals surface area contributed by atoms with Gasteiger partial charge in [-0.15, -0.1) is 0 Å². The Labute approximate surface area is 311 Å². The van der Waals surface area contributed by atoms with Crippen molar-refractivity contribution >= 4 is 25.6 Å². The van der Waals surface area contributed by atoms with Crippen molar-refractivity contribution in [1.82, 2.24) is 15.0 Å². The van der Waals surface area contributed by atoms with Crippen LogP contribution in [0.25, 0.3) is 5.76 Å². The van der Waals surface area contributed by atoms with E-state index < -0.39 is 43.4 Å². The Morgan fingerprint density at radius 1 is 0.925 bits per heavy atom. The number of benzene rings is 2. The number of hydrogen-bond acceptors (Lipinski definition) is 11. The first kappa shape index (κ1) is 36.6. The molecule has 0 spiro atoms. The lowest BCUT2D eigenvalue weighted by Crippen LogP contribution is -2.68. The maximum atomic E-state index is 15.6. The third-order valence-corrected chi connectivity index (χ3v) is 15.9. The molecule has 4 aromatic rings. The molecule has 2 aromatic carbocycles. The van der Waals surface area contributed by atoms with Gasteiger partial charge >= 0.3 is 0 Å². The Hall–Kier alpha value is -4.78. The zero-order chi connectivity index (χ0) is 37.9. The number of fused-ring (bicyclic) bond motifs is 4. The monoisotopic (exact) mass is 737 g/mol. The highest BCUT2D eigenvalue weighted by atomic mass is 28.4. The second kappa shape index (κ2) is 13.6. The third-order valence-electron chi connectivity index (χ3n) is 11.4. The first-order valence-corrected chi connectivity index (χ1v) is 20.9. The number of ketones is 2. The van der Waals surface area contributed by atoms with E-state index in [9.17, 15) is 5.11 Å². The molecular formula is C41H47N3O8Si. The summed E-state index contributed by atoms with van der Waals surface area (Å²) in [5, 5.41) is 16.2. The third kappa shape index (κ3) is 6.06. The molecule has 3 aliphatic rings. The van der Waals surface area contributed by atoms with Gasteiger partial charge in [-0.2, -0.15) is 0 Å². The largest absolute Gasteiger partial charge is 0.507 e. The molecule has 0 amide bonds. The van der Waals surface area contributed by atoms with E-state index in [2.05, 4.69) is 30.9 Å². The highest BCUT2D eigenvalue weighted by Gasteiger charge is 2.69.